The lowest BCUT2D eigenvalue weighted by Gasteiger charge is -2.07. The molecule has 0 saturated carbocycles. The predicted molar refractivity (Wildman–Crippen MR) is 82.5 cm³/mol. The summed E-state index contributed by atoms with van der Waals surface area (Å²) in [6, 6.07) is 12.0. The molecule has 0 fully saturated rings. The molecule has 6 nitrogen and oxygen atoms in total. The quantitative estimate of drug-likeness (QED) is 0.820. The Morgan fingerprint density at radius 2 is 1.77 bits per heavy atom. The minimum Gasteiger partial charge on any atom is -0.322 e. The highest BCUT2D eigenvalue weighted by molar-refractivity contribution is 7.89. The van der Waals surface area contributed by atoms with Gasteiger partial charge in [-0.3, -0.25) is 9.59 Å². The first kappa shape index (κ1) is 15.9. The third-order valence-corrected chi connectivity index (χ3v) is 4.41. The van der Waals surface area contributed by atoms with E-state index in [1.807, 2.05) is 0 Å². The van der Waals surface area contributed by atoms with Gasteiger partial charge in [0.25, 0.3) is 5.91 Å². The predicted octanol–water partition coefficient (Wildman–Crippen LogP) is 1.66. The van der Waals surface area contributed by atoms with Crippen LogP contribution in [-0.2, 0) is 10.0 Å². The second-order valence-corrected chi connectivity index (χ2v) is 6.32. The summed E-state index contributed by atoms with van der Waals surface area (Å²) in [5.41, 5.74) is 1.20. The van der Waals surface area contributed by atoms with E-state index < -0.39 is 10.0 Å². The Labute approximate surface area is 128 Å². The van der Waals surface area contributed by atoms with Crippen LogP contribution in [0.5, 0.6) is 0 Å². The van der Waals surface area contributed by atoms with Crippen molar-refractivity contribution in [2.75, 3.05) is 12.4 Å². The van der Waals surface area contributed by atoms with Gasteiger partial charge in [-0.15, -0.1) is 0 Å². The van der Waals surface area contributed by atoms with Crippen LogP contribution in [0.2, 0.25) is 0 Å². The maximum atomic E-state index is 12.1. The molecule has 0 spiro atoms. The second-order valence-electron chi connectivity index (χ2n) is 4.43. The van der Waals surface area contributed by atoms with E-state index in [1.54, 1.807) is 18.2 Å². The molecule has 2 aromatic carbocycles. The first-order valence-electron chi connectivity index (χ1n) is 6.36. The van der Waals surface area contributed by atoms with Crippen molar-refractivity contribution in [3.05, 3.63) is 59.7 Å². The van der Waals surface area contributed by atoms with E-state index in [0.717, 1.165) is 0 Å². The summed E-state index contributed by atoms with van der Waals surface area (Å²) in [7, 11) is -2.18. The van der Waals surface area contributed by atoms with Crippen LogP contribution in [0.1, 0.15) is 20.7 Å². The Bertz CT molecular complexity index is 799. The Morgan fingerprint density at radius 3 is 2.36 bits per heavy atom. The van der Waals surface area contributed by atoms with Gasteiger partial charge in [-0.05, 0) is 43.4 Å². The molecule has 7 heteroatoms. The number of carbonyl (C=O) groups is 2. The molecule has 0 heterocycles. The highest BCUT2D eigenvalue weighted by Crippen LogP contribution is 2.15. The summed E-state index contributed by atoms with van der Waals surface area (Å²) in [5.74, 6) is -0.382. The molecule has 0 aliphatic heterocycles. The van der Waals surface area contributed by atoms with Crippen molar-refractivity contribution in [1.82, 2.24) is 4.72 Å². The molecule has 22 heavy (non-hydrogen) atoms. The lowest BCUT2D eigenvalue weighted by molar-refractivity contribution is 0.102. The zero-order valence-corrected chi connectivity index (χ0v) is 12.6. The van der Waals surface area contributed by atoms with Crippen molar-refractivity contribution in [2.45, 2.75) is 4.90 Å². The zero-order valence-electron chi connectivity index (χ0n) is 11.7. The van der Waals surface area contributed by atoms with Gasteiger partial charge < -0.3 is 5.32 Å². The molecule has 0 saturated heterocycles. The molecule has 2 aromatic rings. The van der Waals surface area contributed by atoms with Crippen molar-refractivity contribution < 1.29 is 18.0 Å². The fraction of sp³-hybridized carbons (Fsp3) is 0.0667. The zero-order chi connectivity index (χ0) is 16.2. The number of hydrogen-bond acceptors (Lipinski definition) is 4. The van der Waals surface area contributed by atoms with Gasteiger partial charge >= 0.3 is 0 Å². The Balaban J connectivity index is 2.17. The van der Waals surface area contributed by atoms with E-state index in [0.29, 0.717) is 23.1 Å². The minimum absolute atomic E-state index is 0.107. The van der Waals surface area contributed by atoms with Crippen LogP contribution in [-0.4, -0.2) is 27.7 Å². The summed E-state index contributed by atoms with van der Waals surface area (Å²) >= 11 is 0. The minimum atomic E-state index is -3.51. The SMILES string of the molecule is CNS(=O)(=O)c1ccc(NC(=O)c2cccc(C=O)c2)cc1. The number of amides is 1. The normalized spacial score (nSPS) is 11.0. The number of nitrogens with one attached hydrogen (secondary N) is 2. The molecule has 2 N–H and O–H groups in total. The average molecular weight is 318 g/mol. The number of aldehydes is 1. The van der Waals surface area contributed by atoms with E-state index in [1.165, 1.54) is 37.4 Å². The lowest BCUT2D eigenvalue weighted by Crippen LogP contribution is -2.18. The van der Waals surface area contributed by atoms with Crippen LogP contribution in [0.3, 0.4) is 0 Å². The molecule has 0 bridgehead atoms. The van der Waals surface area contributed by atoms with Crippen LogP contribution >= 0.6 is 0 Å². The number of sulfonamides is 1. The molecule has 0 aliphatic carbocycles. The van der Waals surface area contributed by atoms with E-state index in [2.05, 4.69) is 10.0 Å². The molecular weight excluding hydrogens is 304 g/mol. The Kier molecular flexibility index (Phi) is 4.69. The molecule has 0 unspecified atom stereocenters. The maximum absolute atomic E-state index is 12.1. The monoisotopic (exact) mass is 318 g/mol. The first-order valence-corrected chi connectivity index (χ1v) is 7.85. The molecular formula is C15H14N2O4S. The number of anilines is 1. The summed E-state index contributed by atoms with van der Waals surface area (Å²) in [4.78, 5) is 22.9. The van der Waals surface area contributed by atoms with Crippen molar-refractivity contribution >= 4 is 27.9 Å². The standard InChI is InChI=1S/C15H14N2O4S/c1-16-22(20,21)14-7-5-13(6-8-14)17-15(19)12-4-2-3-11(9-12)10-18/h2-10,16H,1H3,(H,17,19). The van der Waals surface area contributed by atoms with Crippen LogP contribution < -0.4 is 10.0 Å². The number of hydrogen-bond donors (Lipinski definition) is 2. The molecule has 2 rings (SSSR count). The summed E-state index contributed by atoms with van der Waals surface area (Å²) < 4.78 is 25.4. The third kappa shape index (κ3) is 3.57. The molecule has 0 atom stereocenters. The van der Waals surface area contributed by atoms with Gasteiger partial charge in [0, 0.05) is 16.8 Å². The van der Waals surface area contributed by atoms with Crippen molar-refractivity contribution in [1.29, 1.82) is 0 Å². The maximum Gasteiger partial charge on any atom is 0.255 e. The second kappa shape index (κ2) is 6.50. The van der Waals surface area contributed by atoms with Crippen LogP contribution in [0.15, 0.2) is 53.4 Å². The fourth-order valence-corrected chi connectivity index (χ4v) is 2.52. The van der Waals surface area contributed by atoms with Gasteiger partial charge in [0.15, 0.2) is 0 Å². The van der Waals surface area contributed by atoms with Gasteiger partial charge in [0.2, 0.25) is 10.0 Å². The highest BCUT2D eigenvalue weighted by Gasteiger charge is 2.11. The van der Waals surface area contributed by atoms with Gasteiger partial charge in [0.1, 0.15) is 6.29 Å². The first-order chi connectivity index (χ1) is 10.5. The Morgan fingerprint density at radius 1 is 1.09 bits per heavy atom. The fourth-order valence-electron chi connectivity index (χ4n) is 1.79. The van der Waals surface area contributed by atoms with Gasteiger partial charge in [0.05, 0.1) is 4.90 Å². The van der Waals surface area contributed by atoms with Crippen molar-refractivity contribution in [3.63, 3.8) is 0 Å². The van der Waals surface area contributed by atoms with Crippen molar-refractivity contribution in [2.24, 2.45) is 0 Å². The number of carbonyl (C=O) groups excluding carboxylic acids is 2. The number of benzene rings is 2. The lowest BCUT2D eigenvalue weighted by atomic mass is 10.1. The van der Waals surface area contributed by atoms with Crippen LogP contribution in [0.25, 0.3) is 0 Å². The molecule has 114 valence electrons. The van der Waals surface area contributed by atoms with Crippen LogP contribution in [0, 0.1) is 0 Å². The summed E-state index contributed by atoms with van der Waals surface area (Å²) in [6.45, 7) is 0. The number of rotatable bonds is 5. The summed E-state index contributed by atoms with van der Waals surface area (Å²) in [6.07, 6.45) is 0.661. The van der Waals surface area contributed by atoms with E-state index in [-0.39, 0.29) is 10.8 Å². The van der Waals surface area contributed by atoms with E-state index in [9.17, 15) is 18.0 Å². The molecule has 0 aromatic heterocycles. The molecule has 0 aliphatic rings. The average Bonchev–Trinajstić information content (AvgIpc) is 2.55. The highest BCUT2D eigenvalue weighted by atomic mass is 32.2. The summed E-state index contributed by atoms with van der Waals surface area (Å²) in [5, 5.41) is 2.64. The van der Waals surface area contributed by atoms with Gasteiger partial charge in [-0.2, -0.15) is 0 Å². The van der Waals surface area contributed by atoms with E-state index >= 15 is 0 Å². The van der Waals surface area contributed by atoms with Gasteiger partial charge in [-0.1, -0.05) is 12.1 Å². The topological polar surface area (TPSA) is 92.3 Å². The van der Waals surface area contributed by atoms with E-state index in [4.69, 9.17) is 0 Å². The molecule has 0 radical (unpaired) electrons. The molecule has 1 amide bonds. The third-order valence-electron chi connectivity index (χ3n) is 2.98. The smallest absolute Gasteiger partial charge is 0.255 e. The van der Waals surface area contributed by atoms with Crippen LogP contribution in [0.4, 0.5) is 5.69 Å². The van der Waals surface area contributed by atoms with Crippen molar-refractivity contribution in [3.8, 4) is 0 Å². The van der Waals surface area contributed by atoms with Gasteiger partial charge in [-0.25, -0.2) is 13.1 Å². The largest absolute Gasteiger partial charge is 0.322 e. The Hall–Kier alpha value is -2.51.